The molecule has 2 aromatic rings. The number of carbonyl (C=O) groups excluding carboxylic acids is 1. The van der Waals surface area contributed by atoms with E-state index in [0.717, 1.165) is 25.1 Å². The SMILES string of the molecule is COc1ccccc1C(=O)N(CC1CCCO1)c1ccccc1. The largest absolute Gasteiger partial charge is 0.496 e. The Balaban J connectivity index is 1.92. The second kappa shape index (κ2) is 7.29. The van der Waals surface area contributed by atoms with Gasteiger partial charge in [0.15, 0.2) is 0 Å². The van der Waals surface area contributed by atoms with Crippen LogP contribution in [0.1, 0.15) is 23.2 Å². The van der Waals surface area contributed by atoms with E-state index >= 15 is 0 Å². The summed E-state index contributed by atoms with van der Waals surface area (Å²) in [7, 11) is 1.58. The molecule has 0 bridgehead atoms. The summed E-state index contributed by atoms with van der Waals surface area (Å²) in [5.41, 5.74) is 1.44. The molecule has 1 saturated heterocycles. The van der Waals surface area contributed by atoms with Gasteiger partial charge < -0.3 is 14.4 Å². The van der Waals surface area contributed by atoms with E-state index in [9.17, 15) is 4.79 Å². The fraction of sp³-hybridized carbons (Fsp3) is 0.316. The third-order valence-corrected chi connectivity index (χ3v) is 4.06. The second-order valence-corrected chi connectivity index (χ2v) is 5.59. The Bertz CT molecular complexity index is 651. The van der Waals surface area contributed by atoms with Crippen LogP contribution in [-0.4, -0.2) is 32.3 Å². The Hall–Kier alpha value is -2.33. The van der Waals surface area contributed by atoms with Crippen molar-refractivity contribution in [2.24, 2.45) is 0 Å². The number of hydrogen-bond acceptors (Lipinski definition) is 3. The maximum Gasteiger partial charge on any atom is 0.262 e. The monoisotopic (exact) mass is 311 g/mol. The van der Waals surface area contributed by atoms with Gasteiger partial charge in [-0.25, -0.2) is 0 Å². The Labute approximate surface area is 136 Å². The van der Waals surface area contributed by atoms with Gasteiger partial charge in [0.25, 0.3) is 5.91 Å². The van der Waals surface area contributed by atoms with Gasteiger partial charge in [-0.15, -0.1) is 0 Å². The molecule has 0 N–H and O–H groups in total. The number of benzene rings is 2. The molecule has 1 aliphatic heterocycles. The molecular weight excluding hydrogens is 290 g/mol. The molecule has 0 saturated carbocycles. The smallest absolute Gasteiger partial charge is 0.262 e. The maximum atomic E-state index is 13.1. The van der Waals surface area contributed by atoms with Gasteiger partial charge in [-0.05, 0) is 37.1 Å². The first-order chi connectivity index (χ1) is 11.3. The molecule has 1 heterocycles. The number of rotatable bonds is 5. The van der Waals surface area contributed by atoms with Gasteiger partial charge in [-0.3, -0.25) is 4.79 Å². The molecule has 1 atom stereocenters. The first-order valence-electron chi connectivity index (χ1n) is 7.91. The van der Waals surface area contributed by atoms with Gasteiger partial charge in [-0.2, -0.15) is 0 Å². The summed E-state index contributed by atoms with van der Waals surface area (Å²) in [6, 6.07) is 17.0. The molecule has 1 unspecified atom stereocenters. The van der Waals surface area contributed by atoms with Crippen LogP contribution in [0.3, 0.4) is 0 Å². The zero-order valence-electron chi connectivity index (χ0n) is 13.3. The van der Waals surface area contributed by atoms with Crippen molar-refractivity contribution in [2.75, 3.05) is 25.2 Å². The number of para-hydroxylation sites is 2. The molecule has 3 rings (SSSR count). The van der Waals surface area contributed by atoms with Crippen molar-refractivity contribution in [1.29, 1.82) is 0 Å². The molecular formula is C19H21NO3. The summed E-state index contributed by atoms with van der Waals surface area (Å²) < 4.78 is 11.1. The van der Waals surface area contributed by atoms with Crippen LogP contribution >= 0.6 is 0 Å². The van der Waals surface area contributed by atoms with Crippen molar-refractivity contribution in [1.82, 2.24) is 0 Å². The third-order valence-electron chi connectivity index (χ3n) is 4.06. The van der Waals surface area contributed by atoms with Crippen LogP contribution in [0.5, 0.6) is 5.75 Å². The van der Waals surface area contributed by atoms with E-state index in [4.69, 9.17) is 9.47 Å². The van der Waals surface area contributed by atoms with Crippen molar-refractivity contribution >= 4 is 11.6 Å². The lowest BCUT2D eigenvalue weighted by Gasteiger charge is -2.26. The minimum absolute atomic E-state index is 0.0656. The number of hydrogen-bond donors (Lipinski definition) is 0. The number of methoxy groups -OCH3 is 1. The average Bonchev–Trinajstić information content (AvgIpc) is 3.13. The highest BCUT2D eigenvalue weighted by Crippen LogP contribution is 2.25. The van der Waals surface area contributed by atoms with E-state index in [-0.39, 0.29) is 12.0 Å². The van der Waals surface area contributed by atoms with E-state index in [0.29, 0.717) is 17.9 Å². The molecule has 0 aromatic heterocycles. The number of ether oxygens (including phenoxy) is 2. The van der Waals surface area contributed by atoms with Gasteiger partial charge in [0.2, 0.25) is 0 Å². The van der Waals surface area contributed by atoms with Crippen LogP contribution in [0, 0.1) is 0 Å². The highest BCUT2D eigenvalue weighted by molar-refractivity contribution is 6.07. The lowest BCUT2D eigenvalue weighted by Crippen LogP contribution is -2.37. The quantitative estimate of drug-likeness (QED) is 0.848. The lowest BCUT2D eigenvalue weighted by atomic mass is 10.1. The summed E-state index contributed by atoms with van der Waals surface area (Å²) in [5.74, 6) is 0.523. The highest BCUT2D eigenvalue weighted by Gasteiger charge is 2.26. The van der Waals surface area contributed by atoms with Crippen LogP contribution in [0.4, 0.5) is 5.69 Å². The molecule has 0 radical (unpaired) electrons. The number of anilines is 1. The van der Waals surface area contributed by atoms with Gasteiger partial charge in [0.05, 0.1) is 25.3 Å². The number of amides is 1. The number of nitrogens with zero attached hydrogens (tertiary/aromatic N) is 1. The Kier molecular flexibility index (Phi) is 4.93. The first kappa shape index (κ1) is 15.6. The van der Waals surface area contributed by atoms with E-state index in [1.54, 1.807) is 18.1 Å². The van der Waals surface area contributed by atoms with Crippen molar-refractivity contribution in [2.45, 2.75) is 18.9 Å². The van der Waals surface area contributed by atoms with E-state index in [2.05, 4.69) is 0 Å². The van der Waals surface area contributed by atoms with E-state index in [1.165, 1.54) is 0 Å². The molecule has 1 aliphatic rings. The normalized spacial score (nSPS) is 17.0. The molecule has 2 aromatic carbocycles. The van der Waals surface area contributed by atoms with Crippen molar-refractivity contribution < 1.29 is 14.3 Å². The van der Waals surface area contributed by atoms with Crippen molar-refractivity contribution in [3.63, 3.8) is 0 Å². The lowest BCUT2D eigenvalue weighted by molar-refractivity contribution is 0.0915. The standard InChI is InChI=1S/C19H21NO3/c1-22-18-12-6-5-11-17(18)19(21)20(14-16-10-7-13-23-16)15-8-3-2-4-9-15/h2-6,8-9,11-12,16H,7,10,13-14H2,1H3. The molecule has 4 heteroatoms. The molecule has 0 aliphatic carbocycles. The van der Waals surface area contributed by atoms with Crippen LogP contribution in [0.15, 0.2) is 54.6 Å². The molecule has 1 amide bonds. The first-order valence-corrected chi connectivity index (χ1v) is 7.91. The fourth-order valence-electron chi connectivity index (χ4n) is 2.87. The van der Waals surface area contributed by atoms with Crippen LogP contribution in [-0.2, 0) is 4.74 Å². The summed E-state index contributed by atoms with van der Waals surface area (Å²) in [6.45, 7) is 1.33. The van der Waals surface area contributed by atoms with Crippen LogP contribution in [0.25, 0.3) is 0 Å². The van der Waals surface area contributed by atoms with E-state index < -0.39 is 0 Å². The number of carbonyl (C=O) groups is 1. The zero-order valence-corrected chi connectivity index (χ0v) is 13.3. The highest BCUT2D eigenvalue weighted by atomic mass is 16.5. The van der Waals surface area contributed by atoms with Crippen LogP contribution < -0.4 is 9.64 Å². The summed E-state index contributed by atoms with van der Waals surface area (Å²) in [4.78, 5) is 14.9. The fourth-order valence-corrected chi connectivity index (χ4v) is 2.87. The molecule has 1 fully saturated rings. The molecule has 23 heavy (non-hydrogen) atoms. The van der Waals surface area contributed by atoms with Gasteiger partial charge in [0, 0.05) is 12.3 Å². The maximum absolute atomic E-state index is 13.1. The zero-order chi connectivity index (χ0) is 16.1. The predicted molar refractivity (Wildman–Crippen MR) is 90.1 cm³/mol. The predicted octanol–water partition coefficient (Wildman–Crippen LogP) is 3.52. The third kappa shape index (κ3) is 3.54. The Morgan fingerprint density at radius 1 is 1.17 bits per heavy atom. The summed E-state index contributed by atoms with van der Waals surface area (Å²) in [6.07, 6.45) is 2.13. The molecule has 4 nitrogen and oxygen atoms in total. The molecule has 120 valence electrons. The van der Waals surface area contributed by atoms with Crippen molar-refractivity contribution in [3.05, 3.63) is 60.2 Å². The topological polar surface area (TPSA) is 38.8 Å². The Morgan fingerprint density at radius 2 is 1.91 bits per heavy atom. The van der Waals surface area contributed by atoms with Gasteiger partial charge in [0.1, 0.15) is 5.75 Å². The minimum atomic E-state index is -0.0656. The minimum Gasteiger partial charge on any atom is -0.496 e. The average molecular weight is 311 g/mol. The van der Waals surface area contributed by atoms with Crippen LogP contribution in [0.2, 0.25) is 0 Å². The van der Waals surface area contributed by atoms with Crippen molar-refractivity contribution in [3.8, 4) is 5.75 Å². The molecule has 0 spiro atoms. The van der Waals surface area contributed by atoms with Gasteiger partial charge >= 0.3 is 0 Å². The van der Waals surface area contributed by atoms with Gasteiger partial charge in [-0.1, -0.05) is 30.3 Å². The summed E-state index contributed by atoms with van der Waals surface area (Å²) in [5, 5.41) is 0. The Morgan fingerprint density at radius 3 is 2.61 bits per heavy atom. The summed E-state index contributed by atoms with van der Waals surface area (Å²) >= 11 is 0. The second-order valence-electron chi connectivity index (χ2n) is 5.59. The van der Waals surface area contributed by atoms with E-state index in [1.807, 2.05) is 48.5 Å².